The van der Waals surface area contributed by atoms with E-state index in [-0.39, 0.29) is 9.92 Å². The van der Waals surface area contributed by atoms with E-state index in [2.05, 4.69) is 9.82 Å². The van der Waals surface area contributed by atoms with Gasteiger partial charge in [-0.2, -0.15) is 5.10 Å². The summed E-state index contributed by atoms with van der Waals surface area (Å²) in [7, 11) is -1.92. The van der Waals surface area contributed by atoms with Crippen LogP contribution in [-0.4, -0.2) is 18.2 Å². The largest absolute Gasteiger partial charge is 0.276 e. The molecular formula is C14H18ClN3O2S. The predicted molar refractivity (Wildman–Crippen MR) is 84.2 cm³/mol. The van der Waals surface area contributed by atoms with Gasteiger partial charge in [-0.25, -0.2) is 8.42 Å². The zero-order valence-electron chi connectivity index (χ0n) is 12.2. The van der Waals surface area contributed by atoms with Crippen LogP contribution >= 0.6 is 11.6 Å². The van der Waals surface area contributed by atoms with E-state index in [1.807, 2.05) is 20.9 Å². The lowest BCUT2D eigenvalue weighted by molar-refractivity contribution is 0.601. The first-order chi connectivity index (χ1) is 9.90. The minimum Gasteiger partial charge on any atom is -0.276 e. The zero-order chi connectivity index (χ0) is 15.6. The molecule has 0 amide bonds. The van der Waals surface area contributed by atoms with Crippen LogP contribution in [-0.2, 0) is 29.9 Å². The van der Waals surface area contributed by atoms with Gasteiger partial charge in [0.2, 0.25) is 0 Å². The number of halogens is 1. The Kier molecular flexibility index (Phi) is 4.58. The van der Waals surface area contributed by atoms with Gasteiger partial charge in [-0.1, -0.05) is 37.6 Å². The highest BCUT2D eigenvalue weighted by atomic mass is 35.5. The number of nitrogens with zero attached hydrogens (tertiary/aromatic N) is 2. The molecule has 1 aromatic heterocycles. The first-order valence-electron chi connectivity index (χ1n) is 6.72. The van der Waals surface area contributed by atoms with Gasteiger partial charge in [-0.3, -0.25) is 9.40 Å². The molecule has 0 spiro atoms. The molecule has 0 aliphatic carbocycles. The van der Waals surface area contributed by atoms with Crippen molar-refractivity contribution in [2.45, 2.75) is 31.6 Å². The third-order valence-corrected chi connectivity index (χ3v) is 5.12. The highest BCUT2D eigenvalue weighted by molar-refractivity contribution is 7.92. The van der Waals surface area contributed by atoms with E-state index in [0.29, 0.717) is 18.5 Å². The van der Waals surface area contributed by atoms with Crippen molar-refractivity contribution in [2.24, 2.45) is 7.05 Å². The Morgan fingerprint density at radius 1 is 1.24 bits per heavy atom. The van der Waals surface area contributed by atoms with Crippen LogP contribution < -0.4 is 4.72 Å². The van der Waals surface area contributed by atoms with Crippen molar-refractivity contribution in [3.63, 3.8) is 0 Å². The van der Waals surface area contributed by atoms with E-state index >= 15 is 0 Å². The van der Waals surface area contributed by atoms with E-state index in [4.69, 9.17) is 11.6 Å². The van der Waals surface area contributed by atoms with Gasteiger partial charge in [0.1, 0.15) is 4.90 Å². The average molecular weight is 328 g/mol. The lowest BCUT2D eigenvalue weighted by Gasteiger charge is -2.11. The number of rotatable bonds is 5. The Morgan fingerprint density at radius 3 is 2.48 bits per heavy atom. The molecule has 0 aliphatic heterocycles. The maximum Gasteiger partial charge on any atom is 0.263 e. The number of hydrogen-bond donors (Lipinski definition) is 1. The van der Waals surface area contributed by atoms with Crippen LogP contribution in [0.4, 0.5) is 5.69 Å². The molecule has 0 bridgehead atoms. The maximum absolute atomic E-state index is 12.5. The minimum atomic E-state index is -3.73. The summed E-state index contributed by atoms with van der Waals surface area (Å²) < 4.78 is 29.4. The molecule has 1 heterocycles. The van der Waals surface area contributed by atoms with Gasteiger partial charge >= 0.3 is 0 Å². The molecule has 2 rings (SSSR count). The molecule has 114 valence electrons. The summed E-state index contributed by atoms with van der Waals surface area (Å²) in [4.78, 5) is 0.0691. The number of hydrogen-bond acceptors (Lipinski definition) is 3. The molecule has 1 aromatic carbocycles. The van der Waals surface area contributed by atoms with Gasteiger partial charge in [0.25, 0.3) is 10.0 Å². The number of nitrogens with one attached hydrogen (secondary N) is 1. The molecule has 2 aromatic rings. The Bertz CT molecular complexity index is 754. The van der Waals surface area contributed by atoms with Gasteiger partial charge in [0, 0.05) is 7.05 Å². The Morgan fingerprint density at radius 2 is 1.90 bits per heavy atom. The van der Waals surface area contributed by atoms with E-state index in [1.165, 1.54) is 6.07 Å². The van der Waals surface area contributed by atoms with Crippen molar-refractivity contribution in [1.29, 1.82) is 0 Å². The number of aryl methyl sites for hydroxylation is 2. The molecule has 0 saturated carbocycles. The highest BCUT2D eigenvalue weighted by Gasteiger charge is 2.22. The standard InChI is InChI=1S/C14H18ClN3O2S/c1-4-11-14(12(5-2)18(3)16-11)17-21(19,20)13-9-7-6-8-10(13)15/h6-9,17H,4-5H2,1-3H3. The number of aromatic nitrogens is 2. The van der Waals surface area contributed by atoms with Crippen LogP contribution in [0, 0.1) is 0 Å². The molecule has 0 atom stereocenters. The van der Waals surface area contributed by atoms with Crippen LogP contribution in [0.25, 0.3) is 0 Å². The molecule has 0 aliphatic rings. The summed E-state index contributed by atoms with van der Waals surface area (Å²) in [5.74, 6) is 0. The van der Waals surface area contributed by atoms with Crippen molar-refractivity contribution in [1.82, 2.24) is 9.78 Å². The van der Waals surface area contributed by atoms with Crippen LogP contribution in [0.15, 0.2) is 29.2 Å². The fourth-order valence-electron chi connectivity index (χ4n) is 2.24. The SMILES string of the molecule is CCc1nn(C)c(CC)c1NS(=O)(=O)c1ccccc1Cl. The molecule has 1 N–H and O–H groups in total. The highest BCUT2D eigenvalue weighted by Crippen LogP contribution is 2.27. The smallest absolute Gasteiger partial charge is 0.263 e. The van der Waals surface area contributed by atoms with Gasteiger partial charge < -0.3 is 0 Å². The average Bonchev–Trinajstić information content (AvgIpc) is 2.73. The lowest BCUT2D eigenvalue weighted by Crippen LogP contribution is -2.15. The zero-order valence-corrected chi connectivity index (χ0v) is 13.8. The van der Waals surface area contributed by atoms with Crippen LogP contribution in [0.1, 0.15) is 25.2 Å². The third kappa shape index (κ3) is 3.06. The second-order valence-corrected chi connectivity index (χ2v) is 6.69. The van der Waals surface area contributed by atoms with Crippen molar-refractivity contribution in [3.05, 3.63) is 40.7 Å². The summed E-state index contributed by atoms with van der Waals surface area (Å²) in [6.07, 6.45) is 1.33. The van der Waals surface area contributed by atoms with Crippen molar-refractivity contribution >= 4 is 27.3 Å². The molecule has 0 unspecified atom stereocenters. The Balaban J connectivity index is 2.49. The topological polar surface area (TPSA) is 64.0 Å². The Labute approximate surface area is 130 Å². The molecular weight excluding hydrogens is 310 g/mol. The van der Waals surface area contributed by atoms with Gasteiger partial charge in [-0.15, -0.1) is 0 Å². The number of sulfonamides is 1. The van der Waals surface area contributed by atoms with Crippen molar-refractivity contribution in [3.8, 4) is 0 Å². The molecule has 21 heavy (non-hydrogen) atoms. The van der Waals surface area contributed by atoms with E-state index in [9.17, 15) is 8.42 Å². The lowest BCUT2D eigenvalue weighted by atomic mass is 10.2. The van der Waals surface area contributed by atoms with Crippen LogP contribution in [0.2, 0.25) is 5.02 Å². The quantitative estimate of drug-likeness (QED) is 0.918. The van der Waals surface area contributed by atoms with E-state index in [1.54, 1.807) is 22.9 Å². The molecule has 7 heteroatoms. The molecule has 0 saturated heterocycles. The van der Waals surface area contributed by atoms with Crippen LogP contribution in [0.5, 0.6) is 0 Å². The maximum atomic E-state index is 12.5. The summed E-state index contributed by atoms with van der Waals surface area (Å²) in [5, 5.41) is 4.56. The fourth-order valence-corrected chi connectivity index (χ4v) is 3.88. The third-order valence-electron chi connectivity index (χ3n) is 3.27. The number of benzene rings is 1. The minimum absolute atomic E-state index is 0.0691. The predicted octanol–water partition coefficient (Wildman–Crippen LogP) is 3.00. The first kappa shape index (κ1) is 15.9. The summed E-state index contributed by atoms with van der Waals surface area (Å²) in [5.41, 5.74) is 2.13. The number of anilines is 1. The first-order valence-corrected chi connectivity index (χ1v) is 8.58. The monoisotopic (exact) mass is 327 g/mol. The van der Waals surface area contributed by atoms with Gasteiger partial charge in [0.05, 0.1) is 22.1 Å². The molecule has 0 fully saturated rings. The van der Waals surface area contributed by atoms with E-state index < -0.39 is 10.0 Å². The Hall–Kier alpha value is -1.53. The summed E-state index contributed by atoms with van der Waals surface area (Å²) >= 11 is 5.99. The van der Waals surface area contributed by atoms with Crippen molar-refractivity contribution in [2.75, 3.05) is 4.72 Å². The second kappa shape index (κ2) is 6.07. The molecule has 0 radical (unpaired) electrons. The van der Waals surface area contributed by atoms with Crippen molar-refractivity contribution < 1.29 is 8.42 Å². The summed E-state index contributed by atoms with van der Waals surface area (Å²) in [6.45, 7) is 3.90. The van der Waals surface area contributed by atoms with Gasteiger partial charge in [0.15, 0.2) is 0 Å². The molecule has 5 nitrogen and oxygen atoms in total. The van der Waals surface area contributed by atoms with Gasteiger partial charge in [-0.05, 0) is 25.0 Å². The second-order valence-electron chi connectivity index (χ2n) is 4.64. The fraction of sp³-hybridized carbons (Fsp3) is 0.357. The normalized spacial score (nSPS) is 11.6. The summed E-state index contributed by atoms with van der Waals surface area (Å²) in [6, 6.07) is 6.38. The van der Waals surface area contributed by atoms with Crippen LogP contribution in [0.3, 0.4) is 0 Å². The van der Waals surface area contributed by atoms with E-state index in [0.717, 1.165) is 11.4 Å².